The van der Waals surface area contributed by atoms with Crippen molar-refractivity contribution in [3.63, 3.8) is 0 Å². The second-order valence-corrected chi connectivity index (χ2v) is 6.07. The van der Waals surface area contributed by atoms with Crippen LogP contribution in [0.1, 0.15) is 19.5 Å². The minimum Gasteiger partial charge on any atom is -0.467 e. The number of aromatic nitrogens is 2. The number of fused-ring (bicyclic) bond motifs is 1. The second kappa shape index (κ2) is 7.38. The number of esters is 1. The number of pyridine rings is 2. The molecule has 1 amide bonds. The number of nitrogens with one attached hydrogen (secondary N) is 2. The first-order chi connectivity index (χ1) is 12.5. The quantitative estimate of drug-likeness (QED) is 0.789. The second-order valence-electron chi connectivity index (χ2n) is 6.07. The van der Waals surface area contributed by atoms with Crippen LogP contribution in [0.15, 0.2) is 36.5 Å². The average molecular weight is 355 g/mol. The molecule has 136 valence electrons. The highest BCUT2D eigenvalue weighted by Crippen LogP contribution is 2.32. The Hall–Kier alpha value is -3.16. The number of methoxy groups -OCH3 is 1. The molecule has 0 fully saturated rings. The molecule has 0 bridgehead atoms. The maximum atomic E-state index is 12.3. The summed E-state index contributed by atoms with van der Waals surface area (Å²) in [5.74, 6) is 0.677. The lowest BCUT2D eigenvalue weighted by Gasteiger charge is -2.35. The summed E-state index contributed by atoms with van der Waals surface area (Å²) in [6, 6.07) is 8.20. The van der Waals surface area contributed by atoms with Crippen LogP contribution in [0.3, 0.4) is 0 Å². The van der Waals surface area contributed by atoms with Crippen LogP contribution in [0, 0.1) is 0 Å². The molecule has 1 aliphatic rings. The molecule has 2 aromatic heterocycles. The van der Waals surface area contributed by atoms with E-state index in [1.807, 2.05) is 30.0 Å². The molecular formula is C18H21N5O3. The molecule has 2 N–H and O–H groups in total. The number of ether oxygens (including phenoxy) is 1. The smallest absolute Gasteiger partial charge is 0.328 e. The molecule has 1 aliphatic heterocycles. The van der Waals surface area contributed by atoms with E-state index in [1.54, 1.807) is 25.3 Å². The summed E-state index contributed by atoms with van der Waals surface area (Å²) in [6.07, 6.45) is 1.72. The molecule has 2 unspecified atom stereocenters. The van der Waals surface area contributed by atoms with Gasteiger partial charge < -0.3 is 20.3 Å². The van der Waals surface area contributed by atoms with Gasteiger partial charge in [0.25, 0.3) is 0 Å². The summed E-state index contributed by atoms with van der Waals surface area (Å²) in [5, 5.41) is 5.87. The predicted octanol–water partition coefficient (Wildman–Crippen LogP) is 1.80. The molecule has 3 rings (SSSR count). The maximum absolute atomic E-state index is 12.3. The van der Waals surface area contributed by atoms with Crippen molar-refractivity contribution >= 4 is 29.2 Å². The van der Waals surface area contributed by atoms with Crippen LogP contribution < -0.4 is 15.5 Å². The summed E-state index contributed by atoms with van der Waals surface area (Å²) in [5.41, 5.74) is 1.46. The molecule has 0 aromatic carbocycles. The lowest BCUT2D eigenvalue weighted by Crippen LogP contribution is -2.46. The largest absolute Gasteiger partial charge is 0.467 e. The predicted molar refractivity (Wildman–Crippen MR) is 97.8 cm³/mol. The highest BCUT2D eigenvalue weighted by atomic mass is 16.5. The van der Waals surface area contributed by atoms with Gasteiger partial charge in [0, 0.05) is 6.20 Å². The zero-order valence-electron chi connectivity index (χ0n) is 14.9. The van der Waals surface area contributed by atoms with Gasteiger partial charge in [-0.05, 0) is 38.1 Å². The van der Waals surface area contributed by atoms with Crippen molar-refractivity contribution in [1.82, 2.24) is 9.97 Å². The van der Waals surface area contributed by atoms with Crippen LogP contribution in [-0.2, 0) is 20.9 Å². The molecule has 26 heavy (non-hydrogen) atoms. The number of hydrogen-bond donors (Lipinski definition) is 2. The van der Waals surface area contributed by atoms with Gasteiger partial charge in [0.05, 0.1) is 25.0 Å². The number of carbonyl (C=O) groups excluding carboxylic acids is 2. The van der Waals surface area contributed by atoms with E-state index in [1.165, 1.54) is 7.11 Å². The third kappa shape index (κ3) is 3.58. The van der Waals surface area contributed by atoms with E-state index >= 15 is 0 Å². The van der Waals surface area contributed by atoms with Gasteiger partial charge in [0.1, 0.15) is 17.9 Å². The van der Waals surface area contributed by atoms with Crippen molar-refractivity contribution in [1.29, 1.82) is 0 Å². The van der Waals surface area contributed by atoms with Gasteiger partial charge in [0.2, 0.25) is 5.91 Å². The Labute approximate surface area is 151 Å². The highest BCUT2D eigenvalue weighted by molar-refractivity contribution is 6.02. The van der Waals surface area contributed by atoms with Gasteiger partial charge in [-0.15, -0.1) is 0 Å². The van der Waals surface area contributed by atoms with Crippen molar-refractivity contribution in [2.24, 2.45) is 0 Å². The third-order valence-electron chi connectivity index (χ3n) is 4.23. The fourth-order valence-electron chi connectivity index (χ4n) is 2.74. The number of nitrogens with zero attached hydrogens (tertiary/aromatic N) is 3. The molecular weight excluding hydrogens is 334 g/mol. The number of anilines is 3. The summed E-state index contributed by atoms with van der Waals surface area (Å²) in [6.45, 7) is 3.97. The summed E-state index contributed by atoms with van der Waals surface area (Å²) in [7, 11) is 1.34. The first-order valence-corrected chi connectivity index (χ1v) is 8.32. The number of hydrogen-bond acceptors (Lipinski definition) is 7. The summed E-state index contributed by atoms with van der Waals surface area (Å²) >= 11 is 0. The van der Waals surface area contributed by atoms with Gasteiger partial charge in [0.15, 0.2) is 5.82 Å². The van der Waals surface area contributed by atoms with Gasteiger partial charge in [-0.1, -0.05) is 6.07 Å². The molecule has 8 nitrogen and oxygen atoms in total. The first kappa shape index (κ1) is 17.7. The lowest BCUT2D eigenvalue weighted by molar-refractivity contribution is -0.141. The Balaban J connectivity index is 1.91. The Morgan fingerprint density at radius 3 is 2.88 bits per heavy atom. The molecule has 2 aromatic rings. The first-order valence-electron chi connectivity index (χ1n) is 8.32. The van der Waals surface area contributed by atoms with E-state index in [0.717, 1.165) is 5.69 Å². The normalized spacial score (nSPS) is 17.1. The minimum atomic E-state index is -0.537. The third-order valence-corrected chi connectivity index (χ3v) is 4.23. The van der Waals surface area contributed by atoms with E-state index in [2.05, 4.69) is 20.6 Å². The minimum absolute atomic E-state index is 0.0983. The van der Waals surface area contributed by atoms with Gasteiger partial charge in [-0.25, -0.2) is 9.78 Å². The van der Waals surface area contributed by atoms with Crippen LogP contribution >= 0.6 is 0 Å². The molecule has 3 heterocycles. The van der Waals surface area contributed by atoms with E-state index < -0.39 is 12.1 Å². The van der Waals surface area contributed by atoms with Crippen LogP contribution in [0.4, 0.5) is 17.3 Å². The summed E-state index contributed by atoms with van der Waals surface area (Å²) < 4.78 is 4.72. The number of amides is 1. The highest BCUT2D eigenvalue weighted by Gasteiger charge is 2.31. The zero-order valence-corrected chi connectivity index (χ0v) is 14.9. The zero-order chi connectivity index (χ0) is 18.7. The Bertz CT molecular complexity index is 812. The molecule has 2 atom stereocenters. The molecule has 8 heteroatoms. The molecule has 0 radical (unpaired) electrons. The number of rotatable bonds is 5. The summed E-state index contributed by atoms with van der Waals surface area (Å²) in [4.78, 5) is 34.7. The van der Waals surface area contributed by atoms with E-state index in [-0.39, 0.29) is 11.9 Å². The topological polar surface area (TPSA) is 96.4 Å². The monoisotopic (exact) mass is 355 g/mol. The van der Waals surface area contributed by atoms with Crippen molar-refractivity contribution in [3.8, 4) is 0 Å². The molecule has 0 saturated carbocycles. The van der Waals surface area contributed by atoms with E-state index in [9.17, 15) is 9.59 Å². The maximum Gasteiger partial charge on any atom is 0.328 e. The molecule has 0 spiro atoms. The van der Waals surface area contributed by atoms with E-state index in [0.29, 0.717) is 23.9 Å². The van der Waals surface area contributed by atoms with Crippen molar-refractivity contribution in [3.05, 3.63) is 42.2 Å². The van der Waals surface area contributed by atoms with Crippen molar-refractivity contribution < 1.29 is 14.3 Å². The fourth-order valence-corrected chi connectivity index (χ4v) is 2.74. The number of carbonyl (C=O) groups is 2. The van der Waals surface area contributed by atoms with Crippen LogP contribution in [0.2, 0.25) is 0 Å². The Morgan fingerprint density at radius 2 is 2.19 bits per heavy atom. The fraction of sp³-hybridized carbons (Fsp3) is 0.333. The Kier molecular flexibility index (Phi) is 5.01. The molecule has 0 saturated heterocycles. The van der Waals surface area contributed by atoms with Crippen molar-refractivity contribution in [2.75, 3.05) is 22.6 Å². The van der Waals surface area contributed by atoms with Gasteiger partial charge in [-0.3, -0.25) is 9.78 Å². The van der Waals surface area contributed by atoms with Crippen molar-refractivity contribution in [2.45, 2.75) is 32.5 Å². The van der Waals surface area contributed by atoms with Crippen LogP contribution in [0.25, 0.3) is 0 Å². The Morgan fingerprint density at radius 1 is 1.38 bits per heavy atom. The van der Waals surface area contributed by atoms with Gasteiger partial charge >= 0.3 is 5.97 Å². The average Bonchev–Trinajstić information content (AvgIpc) is 2.66. The van der Waals surface area contributed by atoms with Crippen LogP contribution in [-0.4, -0.2) is 41.0 Å². The molecule has 0 aliphatic carbocycles. The van der Waals surface area contributed by atoms with E-state index in [4.69, 9.17) is 4.74 Å². The standard InChI is InChI=1S/C18H21N5O3/c1-11(18(25)26-3)20-15-8-7-14-16(22-15)23(12(2)17(24)21-14)10-13-6-4-5-9-19-13/h4-9,11-12H,10H2,1-3H3,(H,20,22)(H,21,24). The van der Waals surface area contributed by atoms with Crippen LogP contribution in [0.5, 0.6) is 0 Å². The lowest BCUT2D eigenvalue weighted by atomic mass is 10.1. The SMILES string of the molecule is COC(=O)C(C)Nc1ccc2c(n1)N(Cc1ccccn1)C(C)C(=O)N2. The van der Waals surface area contributed by atoms with Gasteiger partial charge in [-0.2, -0.15) is 0 Å².